The summed E-state index contributed by atoms with van der Waals surface area (Å²) in [5, 5.41) is 19.0. The van der Waals surface area contributed by atoms with Crippen LogP contribution in [-0.2, 0) is 0 Å². The van der Waals surface area contributed by atoms with E-state index in [2.05, 4.69) is 0 Å². The van der Waals surface area contributed by atoms with Crippen molar-refractivity contribution in [3.05, 3.63) is 34.4 Å². The number of hydrogen-bond donors (Lipinski definition) is 2. The standard InChI is InChI=1S/C10H14O4/c1-2-4-7(11)10(13)8-5-3-6-9(12)14-8/h3,5-7,10-11,13H,2,4H2,1H3/t7-,10-/m0/s1. The van der Waals surface area contributed by atoms with Gasteiger partial charge in [-0.25, -0.2) is 4.79 Å². The van der Waals surface area contributed by atoms with E-state index < -0.39 is 17.8 Å². The third-order valence-electron chi connectivity index (χ3n) is 1.95. The largest absolute Gasteiger partial charge is 0.425 e. The highest BCUT2D eigenvalue weighted by Gasteiger charge is 2.19. The van der Waals surface area contributed by atoms with Gasteiger partial charge in [-0.15, -0.1) is 0 Å². The summed E-state index contributed by atoms with van der Waals surface area (Å²) < 4.78 is 4.74. The first kappa shape index (κ1) is 10.9. The third-order valence-corrected chi connectivity index (χ3v) is 1.95. The fraction of sp³-hybridized carbons (Fsp3) is 0.500. The maximum atomic E-state index is 10.8. The Morgan fingerprint density at radius 2 is 2.14 bits per heavy atom. The molecule has 0 aromatic carbocycles. The number of aliphatic hydroxyl groups excluding tert-OH is 2. The summed E-state index contributed by atoms with van der Waals surface area (Å²) >= 11 is 0. The van der Waals surface area contributed by atoms with E-state index in [0.29, 0.717) is 6.42 Å². The van der Waals surface area contributed by atoms with Gasteiger partial charge in [-0.3, -0.25) is 0 Å². The zero-order valence-corrected chi connectivity index (χ0v) is 8.01. The monoisotopic (exact) mass is 198 g/mol. The second-order valence-corrected chi connectivity index (χ2v) is 3.15. The van der Waals surface area contributed by atoms with E-state index in [9.17, 15) is 15.0 Å². The van der Waals surface area contributed by atoms with Crippen molar-refractivity contribution < 1.29 is 14.6 Å². The number of rotatable bonds is 4. The van der Waals surface area contributed by atoms with Crippen LogP contribution in [0, 0.1) is 0 Å². The molecule has 0 aliphatic rings. The van der Waals surface area contributed by atoms with Crippen LogP contribution < -0.4 is 5.63 Å². The topological polar surface area (TPSA) is 70.7 Å². The minimum atomic E-state index is -1.12. The third kappa shape index (κ3) is 2.68. The molecule has 1 rings (SSSR count). The van der Waals surface area contributed by atoms with E-state index in [4.69, 9.17) is 4.42 Å². The Hall–Kier alpha value is -1.13. The van der Waals surface area contributed by atoms with E-state index in [-0.39, 0.29) is 5.76 Å². The maximum absolute atomic E-state index is 10.8. The predicted molar refractivity (Wildman–Crippen MR) is 50.9 cm³/mol. The molecule has 0 amide bonds. The van der Waals surface area contributed by atoms with Crippen LogP contribution in [0.2, 0.25) is 0 Å². The molecule has 14 heavy (non-hydrogen) atoms. The molecule has 78 valence electrons. The lowest BCUT2D eigenvalue weighted by molar-refractivity contribution is -0.00104. The van der Waals surface area contributed by atoms with E-state index >= 15 is 0 Å². The molecule has 1 aromatic rings. The second-order valence-electron chi connectivity index (χ2n) is 3.15. The Morgan fingerprint density at radius 1 is 1.43 bits per heavy atom. The molecule has 0 saturated carbocycles. The lowest BCUT2D eigenvalue weighted by atomic mass is 10.1. The molecular weight excluding hydrogens is 184 g/mol. The number of hydrogen-bond acceptors (Lipinski definition) is 4. The van der Waals surface area contributed by atoms with Gasteiger partial charge in [0, 0.05) is 6.07 Å². The van der Waals surface area contributed by atoms with Crippen molar-refractivity contribution in [3.8, 4) is 0 Å². The van der Waals surface area contributed by atoms with Crippen LogP contribution in [0.25, 0.3) is 0 Å². The van der Waals surface area contributed by atoms with E-state index in [0.717, 1.165) is 6.42 Å². The van der Waals surface area contributed by atoms with Crippen LogP contribution in [0.3, 0.4) is 0 Å². The molecule has 0 spiro atoms. The Bertz CT molecular complexity index is 331. The van der Waals surface area contributed by atoms with Crippen molar-refractivity contribution in [2.45, 2.75) is 32.0 Å². The van der Waals surface area contributed by atoms with Crippen LogP contribution in [0.4, 0.5) is 0 Å². The molecular formula is C10H14O4. The molecule has 4 nitrogen and oxygen atoms in total. The second kappa shape index (κ2) is 4.93. The van der Waals surface area contributed by atoms with Gasteiger partial charge in [-0.05, 0) is 12.5 Å². The van der Waals surface area contributed by atoms with Crippen LogP contribution in [-0.4, -0.2) is 16.3 Å². The summed E-state index contributed by atoms with van der Waals surface area (Å²) in [6.45, 7) is 1.90. The van der Waals surface area contributed by atoms with E-state index in [1.165, 1.54) is 18.2 Å². The minimum absolute atomic E-state index is 0.110. The van der Waals surface area contributed by atoms with Crippen LogP contribution in [0.1, 0.15) is 31.6 Å². The van der Waals surface area contributed by atoms with Crippen molar-refractivity contribution in [2.24, 2.45) is 0 Å². The average Bonchev–Trinajstić information content (AvgIpc) is 2.17. The summed E-state index contributed by atoms with van der Waals surface area (Å²) in [4.78, 5) is 10.8. The highest BCUT2D eigenvalue weighted by molar-refractivity contribution is 5.03. The minimum Gasteiger partial charge on any atom is -0.425 e. The molecule has 0 aliphatic heterocycles. The molecule has 2 atom stereocenters. The van der Waals surface area contributed by atoms with Gasteiger partial charge >= 0.3 is 5.63 Å². The van der Waals surface area contributed by atoms with Gasteiger partial charge in [0.05, 0.1) is 6.10 Å². The Kier molecular flexibility index (Phi) is 3.85. The molecule has 2 N–H and O–H groups in total. The normalized spacial score (nSPS) is 15.1. The number of aliphatic hydroxyl groups is 2. The van der Waals surface area contributed by atoms with Crippen LogP contribution in [0.5, 0.6) is 0 Å². The SMILES string of the molecule is CCC[C@H](O)[C@H](O)c1cccc(=O)o1. The van der Waals surface area contributed by atoms with Gasteiger partial charge in [0.25, 0.3) is 0 Å². The average molecular weight is 198 g/mol. The zero-order valence-electron chi connectivity index (χ0n) is 8.01. The van der Waals surface area contributed by atoms with Crippen molar-refractivity contribution >= 4 is 0 Å². The molecule has 4 heteroatoms. The molecule has 0 unspecified atom stereocenters. The molecule has 1 heterocycles. The lowest BCUT2D eigenvalue weighted by Crippen LogP contribution is -2.18. The van der Waals surface area contributed by atoms with E-state index in [1.807, 2.05) is 6.92 Å². The van der Waals surface area contributed by atoms with Gasteiger partial charge in [0.2, 0.25) is 0 Å². The Labute approximate surface area is 81.8 Å². The van der Waals surface area contributed by atoms with E-state index in [1.54, 1.807) is 0 Å². The van der Waals surface area contributed by atoms with Crippen molar-refractivity contribution in [1.29, 1.82) is 0 Å². The quantitative estimate of drug-likeness (QED) is 0.751. The molecule has 1 aromatic heterocycles. The summed E-state index contributed by atoms with van der Waals surface area (Å²) in [5.74, 6) is 0.110. The Balaban J connectivity index is 2.78. The smallest absolute Gasteiger partial charge is 0.335 e. The summed E-state index contributed by atoms with van der Waals surface area (Å²) in [6.07, 6.45) is -0.774. The first-order valence-corrected chi connectivity index (χ1v) is 4.61. The molecule has 0 radical (unpaired) electrons. The van der Waals surface area contributed by atoms with Crippen molar-refractivity contribution in [2.75, 3.05) is 0 Å². The van der Waals surface area contributed by atoms with Crippen LogP contribution >= 0.6 is 0 Å². The zero-order chi connectivity index (χ0) is 10.6. The first-order chi connectivity index (χ1) is 6.65. The summed E-state index contributed by atoms with van der Waals surface area (Å²) in [7, 11) is 0. The highest BCUT2D eigenvalue weighted by Crippen LogP contribution is 2.17. The molecule has 0 aliphatic carbocycles. The summed E-state index contributed by atoms with van der Waals surface area (Å²) in [6, 6.07) is 4.22. The summed E-state index contributed by atoms with van der Waals surface area (Å²) in [5.41, 5.74) is -0.523. The molecule has 0 bridgehead atoms. The highest BCUT2D eigenvalue weighted by atomic mass is 16.4. The van der Waals surface area contributed by atoms with Gasteiger partial charge in [0.1, 0.15) is 11.9 Å². The molecule has 0 fully saturated rings. The molecule has 0 saturated heterocycles. The maximum Gasteiger partial charge on any atom is 0.335 e. The Morgan fingerprint density at radius 3 is 2.71 bits per heavy atom. The van der Waals surface area contributed by atoms with Gasteiger partial charge in [0.15, 0.2) is 0 Å². The lowest BCUT2D eigenvalue weighted by Gasteiger charge is -2.15. The van der Waals surface area contributed by atoms with Gasteiger partial charge < -0.3 is 14.6 Å². The van der Waals surface area contributed by atoms with Crippen LogP contribution in [0.15, 0.2) is 27.4 Å². The van der Waals surface area contributed by atoms with Gasteiger partial charge in [-0.2, -0.15) is 0 Å². The first-order valence-electron chi connectivity index (χ1n) is 4.61. The predicted octanol–water partition coefficient (Wildman–Crippen LogP) is 0.834. The van der Waals surface area contributed by atoms with Crippen molar-refractivity contribution in [3.63, 3.8) is 0 Å². The van der Waals surface area contributed by atoms with Gasteiger partial charge in [-0.1, -0.05) is 19.4 Å². The van der Waals surface area contributed by atoms with Crippen molar-refractivity contribution in [1.82, 2.24) is 0 Å². The fourth-order valence-electron chi connectivity index (χ4n) is 1.21. The fourth-order valence-corrected chi connectivity index (χ4v) is 1.21.